The maximum Gasteiger partial charge on any atom is 0.284 e. The molecule has 0 atom stereocenters. The zero-order chi connectivity index (χ0) is 6.81. The molecule has 0 aliphatic carbocycles. The van der Waals surface area contributed by atoms with Crippen molar-refractivity contribution in [2.45, 2.75) is 0 Å². The van der Waals surface area contributed by atoms with E-state index in [1.165, 1.54) is 6.26 Å². The van der Waals surface area contributed by atoms with Crippen molar-refractivity contribution in [2.75, 3.05) is 0 Å². The molecular formula is C5H3N4O. The van der Waals surface area contributed by atoms with Gasteiger partial charge in [-0.3, -0.25) is 5.10 Å². The van der Waals surface area contributed by atoms with Gasteiger partial charge >= 0.3 is 0 Å². The van der Waals surface area contributed by atoms with Crippen LogP contribution < -0.4 is 0 Å². The second kappa shape index (κ2) is 1.94. The summed E-state index contributed by atoms with van der Waals surface area (Å²) in [5.74, 6) is 0. The molecule has 0 amide bonds. The zero-order valence-electron chi connectivity index (χ0n) is 4.90. The number of oxazole rings is 1. The summed E-state index contributed by atoms with van der Waals surface area (Å²) in [6.07, 6.45) is 5.40. The van der Waals surface area contributed by atoms with Crippen LogP contribution in [0.5, 0.6) is 0 Å². The molecule has 2 aromatic rings. The average Bonchev–Trinajstić information content (AvgIpc) is 2.59. The van der Waals surface area contributed by atoms with Gasteiger partial charge in [0.2, 0.25) is 0 Å². The van der Waals surface area contributed by atoms with Crippen molar-refractivity contribution in [3.63, 3.8) is 0 Å². The van der Waals surface area contributed by atoms with Crippen LogP contribution in [0.2, 0.25) is 0 Å². The van der Waals surface area contributed by atoms with Crippen molar-refractivity contribution in [1.29, 1.82) is 0 Å². The van der Waals surface area contributed by atoms with Crippen molar-refractivity contribution >= 4 is 0 Å². The third-order valence-electron chi connectivity index (χ3n) is 1.07. The summed E-state index contributed by atoms with van der Waals surface area (Å²) >= 11 is 0. The van der Waals surface area contributed by atoms with Crippen molar-refractivity contribution < 1.29 is 4.42 Å². The molecule has 1 radical (unpaired) electrons. The lowest BCUT2D eigenvalue weighted by atomic mass is 10.4. The Hall–Kier alpha value is -1.65. The third kappa shape index (κ3) is 0.680. The Morgan fingerprint density at radius 3 is 3.10 bits per heavy atom. The fourth-order valence-electron chi connectivity index (χ4n) is 0.628. The summed E-state index contributed by atoms with van der Waals surface area (Å²) in [5, 5.41) is 9.78. The van der Waals surface area contributed by atoms with Gasteiger partial charge in [0, 0.05) is 0 Å². The monoisotopic (exact) mass is 135 g/mol. The maximum atomic E-state index is 4.62. The van der Waals surface area contributed by atoms with Crippen LogP contribution in [0, 0.1) is 6.39 Å². The van der Waals surface area contributed by atoms with E-state index in [1.54, 1.807) is 6.20 Å². The van der Waals surface area contributed by atoms with E-state index in [4.69, 9.17) is 0 Å². The molecule has 2 rings (SSSR count). The average molecular weight is 135 g/mol. The number of rotatable bonds is 1. The lowest BCUT2D eigenvalue weighted by molar-refractivity contribution is 0.548. The Morgan fingerprint density at radius 1 is 1.50 bits per heavy atom. The predicted molar refractivity (Wildman–Crippen MR) is 30.7 cm³/mol. The molecule has 1 N–H and O–H groups in total. The standard InChI is InChI=1S/C5H3N4O/c1-4(8-9-7-1)5-2-10-3-6-5/h1-2H,(H,7,8,9). The van der Waals surface area contributed by atoms with E-state index in [2.05, 4.69) is 31.2 Å². The van der Waals surface area contributed by atoms with E-state index in [0.717, 1.165) is 0 Å². The van der Waals surface area contributed by atoms with E-state index < -0.39 is 0 Å². The number of nitrogens with zero attached hydrogens (tertiary/aromatic N) is 3. The zero-order valence-corrected chi connectivity index (χ0v) is 4.90. The fraction of sp³-hybridized carbons (Fsp3) is 0. The van der Waals surface area contributed by atoms with E-state index in [9.17, 15) is 0 Å². The molecule has 10 heavy (non-hydrogen) atoms. The SMILES string of the molecule is [c]1nc(-c2c[nH]nn2)co1. The Bertz CT molecular complexity index is 253. The Morgan fingerprint density at radius 2 is 2.50 bits per heavy atom. The molecule has 0 unspecified atom stereocenters. The highest BCUT2D eigenvalue weighted by molar-refractivity contribution is 5.48. The number of hydrogen-bond donors (Lipinski definition) is 1. The molecular weight excluding hydrogens is 132 g/mol. The van der Waals surface area contributed by atoms with Crippen molar-refractivity contribution in [3.8, 4) is 11.4 Å². The van der Waals surface area contributed by atoms with Gasteiger partial charge < -0.3 is 4.42 Å². The van der Waals surface area contributed by atoms with Gasteiger partial charge in [0.25, 0.3) is 6.39 Å². The molecule has 5 heteroatoms. The van der Waals surface area contributed by atoms with Crippen LogP contribution >= 0.6 is 0 Å². The summed E-state index contributed by atoms with van der Waals surface area (Å²) in [4.78, 5) is 3.74. The first-order valence-electron chi connectivity index (χ1n) is 2.65. The van der Waals surface area contributed by atoms with Crippen LogP contribution in [0.3, 0.4) is 0 Å². The van der Waals surface area contributed by atoms with Crippen LogP contribution in [-0.4, -0.2) is 20.4 Å². The van der Waals surface area contributed by atoms with Gasteiger partial charge in [-0.05, 0) is 0 Å². The second-order valence-corrected chi connectivity index (χ2v) is 1.68. The Balaban J connectivity index is 2.48. The van der Waals surface area contributed by atoms with Gasteiger partial charge in [-0.2, -0.15) is 0 Å². The first kappa shape index (κ1) is 5.16. The molecule has 2 aromatic heterocycles. The topological polar surface area (TPSA) is 67.6 Å². The highest BCUT2D eigenvalue weighted by Gasteiger charge is 2.01. The molecule has 0 aliphatic rings. The number of aromatic nitrogens is 4. The highest BCUT2D eigenvalue weighted by Crippen LogP contribution is 2.09. The molecule has 0 saturated heterocycles. The molecule has 0 bridgehead atoms. The molecule has 49 valence electrons. The van der Waals surface area contributed by atoms with Gasteiger partial charge in [-0.25, -0.2) is 4.98 Å². The van der Waals surface area contributed by atoms with Gasteiger partial charge in [0.05, 0.1) is 6.20 Å². The van der Waals surface area contributed by atoms with Crippen molar-refractivity contribution in [3.05, 3.63) is 18.9 Å². The molecule has 0 saturated carbocycles. The van der Waals surface area contributed by atoms with E-state index >= 15 is 0 Å². The van der Waals surface area contributed by atoms with Crippen LogP contribution in [0.25, 0.3) is 11.4 Å². The Kier molecular flexibility index (Phi) is 1.00. The minimum atomic E-state index is 0.633. The van der Waals surface area contributed by atoms with Crippen LogP contribution in [0.15, 0.2) is 16.9 Å². The van der Waals surface area contributed by atoms with Gasteiger partial charge in [0.15, 0.2) is 0 Å². The van der Waals surface area contributed by atoms with Crippen molar-refractivity contribution in [2.24, 2.45) is 0 Å². The quantitative estimate of drug-likeness (QED) is 0.609. The molecule has 0 aromatic carbocycles. The summed E-state index contributed by atoms with van der Waals surface area (Å²) in [6.45, 7) is 0. The lowest BCUT2D eigenvalue weighted by Gasteiger charge is -1.78. The van der Waals surface area contributed by atoms with E-state index in [-0.39, 0.29) is 0 Å². The van der Waals surface area contributed by atoms with Gasteiger partial charge in [-0.15, -0.1) is 5.10 Å². The van der Waals surface area contributed by atoms with Crippen LogP contribution in [0.4, 0.5) is 0 Å². The van der Waals surface area contributed by atoms with E-state index in [0.29, 0.717) is 11.4 Å². The number of nitrogens with one attached hydrogen (secondary N) is 1. The smallest absolute Gasteiger partial charge is 0.284 e. The van der Waals surface area contributed by atoms with Crippen LogP contribution in [0.1, 0.15) is 0 Å². The maximum absolute atomic E-state index is 4.62. The predicted octanol–water partition coefficient (Wildman–Crippen LogP) is 0.260. The Labute approximate surface area is 56.1 Å². The summed E-state index contributed by atoms with van der Waals surface area (Å²) in [7, 11) is 0. The largest absolute Gasteiger partial charge is 0.440 e. The second-order valence-electron chi connectivity index (χ2n) is 1.68. The minimum absolute atomic E-state index is 0.633. The van der Waals surface area contributed by atoms with E-state index in [1.807, 2.05) is 0 Å². The molecule has 2 heterocycles. The van der Waals surface area contributed by atoms with Gasteiger partial charge in [-0.1, -0.05) is 5.21 Å². The first-order chi connectivity index (χ1) is 4.97. The molecule has 0 fully saturated rings. The summed E-state index contributed by atoms with van der Waals surface area (Å²) < 4.78 is 4.62. The number of hydrogen-bond acceptors (Lipinski definition) is 4. The minimum Gasteiger partial charge on any atom is -0.440 e. The summed E-state index contributed by atoms with van der Waals surface area (Å²) in [6, 6.07) is 0. The summed E-state index contributed by atoms with van der Waals surface area (Å²) in [5.41, 5.74) is 1.29. The van der Waals surface area contributed by atoms with Gasteiger partial charge in [0.1, 0.15) is 17.7 Å². The number of aromatic amines is 1. The highest BCUT2D eigenvalue weighted by atomic mass is 16.3. The normalized spacial score (nSPS) is 10.0. The first-order valence-corrected chi connectivity index (χ1v) is 2.65. The van der Waals surface area contributed by atoms with Crippen LogP contribution in [-0.2, 0) is 0 Å². The molecule has 0 spiro atoms. The molecule has 5 nitrogen and oxygen atoms in total. The van der Waals surface area contributed by atoms with Crippen molar-refractivity contribution in [1.82, 2.24) is 20.4 Å². The lowest BCUT2D eigenvalue weighted by Crippen LogP contribution is -1.75. The fourth-order valence-corrected chi connectivity index (χ4v) is 0.628. The number of H-pyrrole nitrogens is 1. The molecule has 0 aliphatic heterocycles. The third-order valence-corrected chi connectivity index (χ3v) is 1.07.